The van der Waals surface area contributed by atoms with Gasteiger partial charge in [-0.2, -0.15) is 0 Å². The van der Waals surface area contributed by atoms with Crippen molar-refractivity contribution >= 4 is 23.5 Å². The van der Waals surface area contributed by atoms with Gasteiger partial charge in [0.2, 0.25) is 11.8 Å². The van der Waals surface area contributed by atoms with E-state index in [4.69, 9.17) is 0 Å². The summed E-state index contributed by atoms with van der Waals surface area (Å²) >= 11 is 0. The quantitative estimate of drug-likeness (QED) is 0.462. The minimum absolute atomic E-state index is 0.00759. The molecule has 0 saturated carbocycles. The van der Waals surface area contributed by atoms with E-state index >= 15 is 0 Å². The summed E-state index contributed by atoms with van der Waals surface area (Å²) in [4.78, 5) is 30.6. The van der Waals surface area contributed by atoms with E-state index in [0.717, 1.165) is 43.1 Å². The molecule has 3 N–H and O–H groups in total. The Morgan fingerprint density at radius 2 is 2.07 bits per heavy atom. The van der Waals surface area contributed by atoms with Crippen molar-refractivity contribution in [2.75, 3.05) is 25.0 Å². The summed E-state index contributed by atoms with van der Waals surface area (Å²) < 4.78 is 0. The number of nitrogens with one attached hydrogen (secondary N) is 3. The fraction of sp³-hybridized carbons (Fsp3) is 0.591. The molecule has 29 heavy (non-hydrogen) atoms. The maximum absolute atomic E-state index is 12.1. The highest BCUT2D eigenvalue weighted by Crippen LogP contribution is 2.14. The number of guanidine groups is 1. The van der Waals surface area contributed by atoms with E-state index in [2.05, 4.69) is 20.9 Å². The van der Waals surface area contributed by atoms with Crippen molar-refractivity contribution < 1.29 is 9.59 Å². The van der Waals surface area contributed by atoms with E-state index in [-0.39, 0.29) is 23.8 Å². The van der Waals surface area contributed by atoms with Crippen molar-refractivity contribution in [2.24, 2.45) is 10.9 Å². The van der Waals surface area contributed by atoms with E-state index in [9.17, 15) is 9.59 Å². The summed E-state index contributed by atoms with van der Waals surface area (Å²) in [6.45, 7) is 10.6. The van der Waals surface area contributed by atoms with Crippen LogP contribution in [-0.4, -0.2) is 48.3 Å². The number of rotatable bonds is 8. The summed E-state index contributed by atoms with van der Waals surface area (Å²) in [5.41, 5.74) is 1.82. The van der Waals surface area contributed by atoms with Gasteiger partial charge in [-0.25, -0.2) is 4.99 Å². The van der Waals surface area contributed by atoms with Crippen molar-refractivity contribution in [3.63, 3.8) is 0 Å². The van der Waals surface area contributed by atoms with Crippen LogP contribution < -0.4 is 16.0 Å². The van der Waals surface area contributed by atoms with Crippen LogP contribution in [0.15, 0.2) is 29.3 Å². The summed E-state index contributed by atoms with van der Waals surface area (Å²) in [5.74, 6) is 0.979. The standard InChI is InChI=1S/C22H35N5O2/c1-5-16(4)21(29)25-18-10-8-9-17(13-18)14-24-22(23-7-3)26-19-11-12-27(15-19)20(28)6-2/h8-10,13,16,19H,5-7,11-12,14-15H2,1-4H3,(H,25,29)(H2,23,24,26). The van der Waals surface area contributed by atoms with Gasteiger partial charge < -0.3 is 20.9 Å². The first-order valence-corrected chi connectivity index (χ1v) is 10.7. The first-order valence-electron chi connectivity index (χ1n) is 10.7. The second-order valence-corrected chi connectivity index (χ2v) is 7.52. The predicted molar refractivity (Wildman–Crippen MR) is 118 cm³/mol. The zero-order valence-corrected chi connectivity index (χ0v) is 18.1. The number of amides is 2. The molecule has 1 aromatic rings. The molecule has 1 aliphatic heterocycles. The molecule has 1 heterocycles. The number of carbonyl (C=O) groups excluding carboxylic acids is 2. The molecule has 7 heteroatoms. The second-order valence-electron chi connectivity index (χ2n) is 7.52. The van der Waals surface area contributed by atoms with Gasteiger partial charge in [0.25, 0.3) is 0 Å². The highest BCUT2D eigenvalue weighted by molar-refractivity contribution is 5.92. The summed E-state index contributed by atoms with van der Waals surface area (Å²) in [6, 6.07) is 8.01. The molecule has 1 aliphatic rings. The molecule has 0 radical (unpaired) electrons. The molecular formula is C22H35N5O2. The van der Waals surface area contributed by atoms with Gasteiger partial charge in [-0.15, -0.1) is 0 Å². The Morgan fingerprint density at radius 3 is 2.76 bits per heavy atom. The van der Waals surface area contributed by atoms with Crippen LogP contribution in [0.25, 0.3) is 0 Å². The van der Waals surface area contributed by atoms with Crippen LogP contribution in [0.4, 0.5) is 5.69 Å². The van der Waals surface area contributed by atoms with Gasteiger partial charge in [-0.1, -0.05) is 32.9 Å². The summed E-state index contributed by atoms with van der Waals surface area (Å²) in [5, 5.41) is 9.68. The molecular weight excluding hydrogens is 366 g/mol. The molecule has 2 amide bonds. The molecule has 2 unspecified atom stereocenters. The van der Waals surface area contributed by atoms with Crippen LogP contribution in [0, 0.1) is 5.92 Å². The highest BCUT2D eigenvalue weighted by Gasteiger charge is 2.25. The fourth-order valence-electron chi connectivity index (χ4n) is 3.21. The summed E-state index contributed by atoms with van der Waals surface area (Å²) in [7, 11) is 0. The SMILES string of the molecule is CCNC(=NCc1cccc(NC(=O)C(C)CC)c1)NC1CCN(C(=O)CC)C1. The molecule has 160 valence electrons. The Bertz CT molecular complexity index is 719. The predicted octanol–water partition coefficient (Wildman–Crippen LogP) is 2.74. The Balaban J connectivity index is 1.97. The number of benzene rings is 1. The fourth-order valence-corrected chi connectivity index (χ4v) is 3.21. The monoisotopic (exact) mass is 401 g/mol. The third kappa shape index (κ3) is 7.07. The number of nitrogens with zero attached hydrogens (tertiary/aromatic N) is 2. The van der Waals surface area contributed by atoms with Crippen LogP contribution in [0.5, 0.6) is 0 Å². The van der Waals surface area contributed by atoms with Gasteiger partial charge >= 0.3 is 0 Å². The Kier molecular flexibility index (Phi) is 8.96. The van der Waals surface area contributed by atoms with Crippen molar-refractivity contribution in [2.45, 2.75) is 59.5 Å². The van der Waals surface area contributed by atoms with Crippen molar-refractivity contribution in [3.05, 3.63) is 29.8 Å². The third-order valence-electron chi connectivity index (χ3n) is 5.20. The number of aliphatic imine (C=N–C) groups is 1. The first-order chi connectivity index (χ1) is 14.0. The number of anilines is 1. The lowest BCUT2D eigenvalue weighted by atomic mass is 10.1. The average molecular weight is 402 g/mol. The third-order valence-corrected chi connectivity index (χ3v) is 5.20. The Labute approximate surface area is 174 Å². The zero-order valence-electron chi connectivity index (χ0n) is 18.1. The first kappa shape index (κ1) is 22.7. The van der Waals surface area contributed by atoms with E-state index in [1.54, 1.807) is 0 Å². The molecule has 0 bridgehead atoms. The normalized spacial score (nSPS) is 17.7. The van der Waals surface area contributed by atoms with Crippen molar-refractivity contribution in [1.82, 2.24) is 15.5 Å². The largest absolute Gasteiger partial charge is 0.357 e. The van der Waals surface area contributed by atoms with Crippen LogP contribution in [0.3, 0.4) is 0 Å². The molecule has 1 saturated heterocycles. The van der Waals surface area contributed by atoms with Gasteiger partial charge in [0, 0.05) is 43.7 Å². The van der Waals surface area contributed by atoms with Gasteiger partial charge in [-0.3, -0.25) is 9.59 Å². The second kappa shape index (κ2) is 11.4. The molecule has 1 aromatic carbocycles. The van der Waals surface area contributed by atoms with Crippen LogP contribution in [-0.2, 0) is 16.1 Å². The molecule has 0 aromatic heterocycles. The van der Waals surface area contributed by atoms with Gasteiger partial charge in [-0.05, 0) is 37.5 Å². The van der Waals surface area contributed by atoms with E-state index < -0.39 is 0 Å². The van der Waals surface area contributed by atoms with E-state index in [1.165, 1.54) is 0 Å². The highest BCUT2D eigenvalue weighted by atomic mass is 16.2. The minimum Gasteiger partial charge on any atom is -0.357 e. The molecule has 2 atom stereocenters. The number of hydrogen-bond acceptors (Lipinski definition) is 3. The van der Waals surface area contributed by atoms with Gasteiger partial charge in [0.1, 0.15) is 0 Å². The average Bonchev–Trinajstić information content (AvgIpc) is 3.19. The lowest BCUT2D eigenvalue weighted by Gasteiger charge is -2.18. The number of hydrogen-bond donors (Lipinski definition) is 3. The number of likely N-dealkylation sites (tertiary alicyclic amines) is 1. The van der Waals surface area contributed by atoms with E-state index in [1.807, 2.05) is 56.9 Å². The van der Waals surface area contributed by atoms with Crippen molar-refractivity contribution in [3.8, 4) is 0 Å². The van der Waals surface area contributed by atoms with Crippen LogP contribution in [0.2, 0.25) is 0 Å². The van der Waals surface area contributed by atoms with Crippen LogP contribution >= 0.6 is 0 Å². The Morgan fingerprint density at radius 1 is 1.28 bits per heavy atom. The van der Waals surface area contributed by atoms with E-state index in [0.29, 0.717) is 19.5 Å². The zero-order chi connectivity index (χ0) is 21.2. The lowest BCUT2D eigenvalue weighted by molar-refractivity contribution is -0.129. The topological polar surface area (TPSA) is 85.8 Å². The molecule has 1 fully saturated rings. The molecule has 7 nitrogen and oxygen atoms in total. The minimum atomic E-state index is -0.00759. The smallest absolute Gasteiger partial charge is 0.227 e. The van der Waals surface area contributed by atoms with Crippen LogP contribution in [0.1, 0.15) is 52.5 Å². The number of carbonyl (C=O) groups is 2. The molecule has 2 rings (SSSR count). The Hall–Kier alpha value is -2.57. The van der Waals surface area contributed by atoms with Crippen molar-refractivity contribution in [1.29, 1.82) is 0 Å². The maximum atomic E-state index is 12.1. The summed E-state index contributed by atoms with van der Waals surface area (Å²) in [6.07, 6.45) is 2.29. The van der Waals surface area contributed by atoms with Gasteiger partial charge in [0.05, 0.1) is 6.54 Å². The maximum Gasteiger partial charge on any atom is 0.227 e. The molecule has 0 spiro atoms. The van der Waals surface area contributed by atoms with Gasteiger partial charge in [0.15, 0.2) is 5.96 Å². The lowest BCUT2D eigenvalue weighted by Crippen LogP contribution is -2.45. The molecule has 0 aliphatic carbocycles.